The highest BCUT2D eigenvalue weighted by atomic mass is 127. The summed E-state index contributed by atoms with van der Waals surface area (Å²) >= 11 is 0. The Kier molecular flexibility index (Phi) is 12.0. The number of rotatable bonds is 10. The molecule has 0 saturated heterocycles. The van der Waals surface area contributed by atoms with Crippen molar-refractivity contribution in [2.45, 2.75) is 52.5 Å². The molecule has 7 heteroatoms. The summed E-state index contributed by atoms with van der Waals surface area (Å²) in [4.78, 5) is 16.5. The number of halogens is 1. The van der Waals surface area contributed by atoms with Crippen molar-refractivity contribution in [1.29, 1.82) is 0 Å². The van der Waals surface area contributed by atoms with Crippen molar-refractivity contribution in [2.24, 2.45) is 10.7 Å². The van der Waals surface area contributed by atoms with E-state index in [-0.39, 0.29) is 35.9 Å². The summed E-state index contributed by atoms with van der Waals surface area (Å²) < 4.78 is 5.44. The molecule has 0 saturated carbocycles. The summed E-state index contributed by atoms with van der Waals surface area (Å²) in [6.07, 6.45) is 1.04. The molecule has 0 bridgehead atoms. The topological polar surface area (TPSA) is 88.7 Å². The molecule has 0 aliphatic heterocycles. The maximum Gasteiger partial charge on any atom is 0.220 e. The zero-order valence-electron chi connectivity index (χ0n) is 18.9. The maximum absolute atomic E-state index is 12.2. The molecule has 1 atom stereocenters. The van der Waals surface area contributed by atoms with Gasteiger partial charge in [-0.3, -0.25) is 9.79 Å². The van der Waals surface area contributed by atoms with Gasteiger partial charge in [0.1, 0.15) is 5.75 Å². The summed E-state index contributed by atoms with van der Waals surface area (Å²) in [5, 5.41) is 6.13. The van der Waals surface area contributed by atoms with Crippen LogP contribution < -0.4 is 21.1 Å². The van der Waals surface area contributed by atoms with E-state index in [9.17, 15) is 4.79 Å². The molecule has 0 aliphatic carbocycles. The largest absolute Gasteiger partial charge is 0.494 e. The molecule has 31 heavy (non-hydrogen) atoms. The van der Waals surface area contributed by atoms with Gasteiger partial charge in [0, 0.05) is 18.7 Å². The van der Waals surface area contributed by atoms with Gasteiger partial charge in [0.2, 0.25) is 5.91 Å². The minimum atomic E-state index is -0.0587. The van der Waals surface area contributed by atoms with Gasteiger partial charge in [-0.2, -0.15) is 0 Å². The van der Waals surface area contributed by atoms with Crippen LogP contribution in [0.1, 0.15) is 63.6 Å². The molecule has 170 valence electrons. The van der Waals surface area contributed by atoms with Gasteiger partial charge in [-0.05, 0) is 61.6 Å². The predicted molar refractivity (Wildman–Crippen MR) is 139 cm³/mol. The Morgan fingerprint density at radius 2 is 1.81 bits per heavy atom. The van der Waals surface area contributed by atoms with Crippen LogP contribution in [0.4, 0.5) is 5.69 Å². The zero-order valence-corrected chi connectivity index (χ0v) is 21.2. The predicted octanol–water partition coefficient (Wildman–Crippen LogP) is 5.21. The quantitative estimate of drug-likeness (QED) is 0.168. The van der Waals surface area contributed by atoms with E-state index in [0.717, 1.165) is 17.0 Å². The molecule has 4 N–H and O–H groups in total. The van der Waals surface area contributed by atoms with Gasteiger partial charge in [0.25, 0.3) is 0 Å². The van der Waals surface area contributed by atoms with E-state index >= 15 is 0 Å². The second-order valence-corrected chi connectivity index (χ2v) is 7.57. The zero-order chi connectivity index (χ0) is 21.9. The molecule has 0 radical (unpaired) electrons. The van der Waals surface area contributed by atoms with Crippen molar-refractivity contribution in [1.82, 2.24) is 5.32 Å². The van der Waals surface area contributed by atoms with Gasteiger partial charge in [-0.15, -0.1) is 24.0 Å². The van der Waals surface area contributed by atoms with E-state index < -0.39 is 0 Å². The van der Waals surface area contributed by atoms with Gasteiger partial charge < -0.3 is 21.1 Å². The molecule has 0 aromatic heterocycles. The SMILES string of the molecule is CCOc1ccc(C(C)NC(=O)CCCN=C(N)Nc2cccc(C(C)C)c2)cc1.I. The van der Waals surface area contributed by atoms with Crippen molar-refractivity contribution in [3.63, 3.8) is 0 Å². The third kappa shape index (κ3) is 9.59. The van der Waals surface area contributed by atoms with E-state index in [4.69, 9.17) is 10.5 Å². The molecular formula is C24H35IN4O2. The van der Waals surface area contributed by atoms with Crippen LogP contribution in [-0.2, 0) is 4.79 Å². The minimum Gasteiger partial charge on any atom is -0.494 e. The molecule has 0 heterocycles. The molecule has 2 rings (SSSR count). The Balaban J connectivity index is 0.00000480. The average molecular weight is 538 g/mol. The van der Waals surface area contributed by atoms with Crippen LogP contribution in [0.15, 0.2) is 53.5 Å². The number of amides is 1. The molecule has 0 fully saturated rings. The van der Waals surface area contributed by atoms with Gasteiger partial charge in [0.05, 0.1) is 12.6 Å². The van der Waals surface area contributed by atoms with E-state index in [1.807, 2.05) is 50.2 Å². The molecule has 0 aliphatic rings. The van der Waals surface area contributed by atoms with Crippen LogP contribution >= 0.6 is 24.0 Å². The number of guanidine groups is 1. The van der Waals surface area contributed by atoms with Crippen LogP contribution in [0, 0.1) is 0 Å². The second kappa shape index (κ2) is 13.9. The lowest BCUT2D eigenvalue weighted by atomic mass is 10.0. The molecule has 2 aromatic carbocycles. The van der Waals surface area contributed by atoms with Crippen LogP contribution in [0.5, 0.6) is 5.75 Å². The highest BCUT2D eigenvalue weighted by Gasteiger charge is 2.09. The number of hydrogen-bond donors (Lipinski definition) is 3. The molecule has 1 unspecified atom stereocenters. The first-order valence-corrected chi connectivity index (χ1v) is 10.6. The monoisotopic (exact) mass is 538 g/mol. The van der Waals surface area contributed by atoms with Crippen LogP contribution in [0.3, 0.4) is 0 Å². The number of nitrogens with zero attached hydrogens (tertiary/aromatic N) is 1. The van der Waals surface area contributed by atoms with E-state index in [1.54, 1.807) is 0 Å². The summed E-state index contributed by atoms with van der Waals surface area (Å²) in [6, 6.07) is 15.9. The molecule has 2 aromatic rings. The first kappa shape index (κ1) is 26.7. The van der Waals surface area contributed by atoms with E-state index in [1.165, 1.54) is 5.56 Å². The molecule has 6 nitrogen and oxygen atoms in total. The Bertz CT molecular complexity index is 838. The number of benzene rings is 2. The average Bonchev–Trinajstić information content (AvgIpc) is 2.72. The van der Waals surface area contributed by atoms with Crippen molar-refractivity contribution >= 4 is 41.5 Å². The lowest BCUT2D eigenvalue weighted by molar-refractivity contribution is -0.121. The van der Waals surface area contributed by atoms with Gasteiger partial charge in [-0.25, -0.2) is 0 Å². The first-order valence-electron chi connectivity index (χ1n) is 10.6. The number of nitrogens with two attached hydrogens (primary N) is 1. The summed E-state index contributed by atoms with van der Waals surface area (Å²) in [6.45, 7) is 9.36. The van der Waals surface area contributed by atoms with E-state index in [0.29, 0.717) is 37.9 Å². The molecule has 0 spiro atoms. The van der Waals surface area contributed by atoms with Gasteiger partial charge >= 0.3 is 0 Å². The Morgan fingerprint density at radius 3 is 2.45 bits per heavy atom. The summed E-state index contributed by atoms with van der Waals surface area (Å²) in [5.74, 6) is 1.65. The lowest BCUT2D eigenvalue weighted by Crippen LogP contribution is -2.26. The number of anilines is 1. The standard InChI is InChI=1S/C24H34N4O2.HI/c1-5-30-22-13-11-19(12-14-22)18(4)27-23(29)10-7-15-26-24(25)28-21-9-6-8-20(16-21)17(2)3;/h6,8-9,11-14,16-18H,5,7,10,15H2,1-4H3,(H,27,29)(H3,25,26,28);1H. The van der Waals surface area contributed by atoms with Gasteiger partial charge in [0.15, 0.2) is 5.96 Å². The summed E-state index contributed by atoms with van der Waals surface area (Å²) in [7, 11) is 0. The van der Waals surface area contributed by atoms with Crippen LogP contribution in [0.2, 0.25) is 0 Å². The third-order valence-corrected chi connectivity index (χ3v) is 4.74. The number of ether oxygens (including phenoxy) is 1. The Labute approximate surface area is 203 Å². The van der Waals surface area contributed by atoms with Crippen molar-refractivity contribution < 1.29 is 9.53 Å². The second-order valence-electron chi connectivity index (χ2n) is 7.57. The third-order valence-electron chi connectivity index (χ3n) is 4.74. The maximum atomic E-state index is 12.2. The number of hydrogen-bond acceptors (Lipinski definition) is 3. The number of carbonyl (C=O) groups excluding carboxylic acids is 1. The molecule has 1 amide bonds. The summed E-state index contributed by atoms with van der Waals surface area (Å²) in [5.41, 5.74) is 9.17. The lowest BCUT2D eigenvalue weighted by Gasteiger charge is -2.15. The highest BCUT2D eigenvalue weighted by Crippen LogP contribution is 2.19. The normalized spacial score (nSPS) is 12.1. The molecular weight excluding hydrogens is 503 g/mol. The fourth-order valence-electron chi connectivity index (χ4n) is 3.02. The smallest absolute Gasteiger partial charge is 0.220 e. The minimum absolute atomic E-state index is 0. The Hall–Kier alpha value is -2.29. The van der Waals surface area contributed by atoms with Gasteiger partial charge in [-0.1, -0.05) is 38.1 Å². The van der Waals surface area contributed by atoms with Crippen molar-refractivity contribution in [3.8, 4) is 5.75 Å². The van der Waals surface area contributed by atoms with Crippen LogP contribution in [0.25, 0.3) is 0 Å². The Morgan fingerprint density at radius 1 is 1.10 bits per heavy atom. The van der Waals surface area contributed by atoms with E-state index in [2.05, 4.69) is 41.6 Å². The van der Waals surface area contributed by atoms with Crippen LogP contribution in [-0.4, -0.2) is 25.0 Å². The fourth-order valence-corrected chi connectivity index (χ4v) is 3.02. The highest BCUT2D eigenvalue weighted by molar-refractivity contribution is 14.0. The van der Waals surface area contributed by atoms with Crippen molar-refractivity contribution in [2.75, 3.05) is 18.5 Å². The number of aliphatic imine (C=N–C) groups is 1. The number of carbonyl (C=O) groups is 1. The first-order chi connectivity index (χ1) is 14.4. The fraction of sp³-hybridized carbons (Fsp3) is 0.417. The number of nitrogens with one attached hydrogen (secondary N) is 2. The van der Waals surface area contributed by atoms with Crippen molar-refractivity contribution in [3.05, 3.63) is 59.7 Å².